The van der Waals surface area contributed by atoms with Gasteiger partial charge in [0.2, 0.25) is 0 Å². The highest BCUT2D eigenvalue weighted by molar-refractivity contribution is 5.85. The molecule has 0 aliphatic heterocycles. The summed E-state index contributed by atoms with van der Waals surface area (Å²) in [6.07, 6.45) is 4.23. The number of hydrogen-bond acceptors (Lipinski definition) is 5. The molecule has 0 fully saturated rings. The highest BCUT2D eigenvalue weighted by Gasteiger charge is 2.06. The third-order valence-electron chi connectivity index (χ3n) is 2.86. The Morgan fingerprint density at radius 1 is 1.42 bits per heavy atom. The molecule has 7 heteroatoms. The number of oxazole rings is 1. The van der Waals surface area contributed by atoms with Crippen molar-refractivity contribution in [2.24, 2.45) is 0 Å². The van der Waals surface area contributed by atoms with Crippen LogP contribution in [-0.2, 0) is 6.42 Å². The van der Waals surface area contributed by atoms with Gasteiger partial charge in [-0.25, -0.2) is 9.78 Å². The van der Waals surface area contributed by atoms with Crippen molar-refractivity contribution in [3.05, 3.63) is 40.9 Å². The van der Waals surface area contributed by atoms with Crippen molar-refractivity contribution in [1.82, 2.24) is 15.0 Å². The van der Waals surface area contributed by atoms with Crippen LogP contribution in [0.15, 0.2) is 33.9 Å². The van der Waals surface area contributed by atoms with Crippen molar-refractivity contribution in [1.29, 1.82) is 0 Å². The van der Waals surface area contributed by atoms with E-state index in [1.807, 2.05) is 0 Å². The third kappa shape index (κ3) is 2.30. The van der Waals surface area contributed by atoms with Crippen molar-refractivity contribution in [3.63, 3.8) is 0 Å². The first-order valence-corrected chi connectivity index (χ1v) is 5.86. The summed E-state index contributed by atoms with van der Waals surface area (Å²) in [4.78, 5) is 20.7. The van der Waals surface area contributed by atoms with Gasteiger partial charge in [-0.1, -0.05) is 0 Å². The number of aromatic amines is 2. The van der Waals surface area contributed by atoms with E-state index in [9.17, 15) is 4.79 Å². The first kappa shape index (κ1) is 11.4. The van der Waals surface area contributed by atoms with Crippen LogP contribution in [0.25, 0.3) is 11.1 Å². The molecule has 0 bridgehead atoms. The van der Waals surface area contributed by atoms with Crippen molar-refractivity contribution < 1.29 is 4.42 Å². The molecule has 0 unspecified atom stereocenters. The second-order valence-electron chi connectivity index (χ2n) is 4.20. The zero-order valence-electron chi connectivity index (χ0n) is 10.1. The molecule has 19 heavy (non-hydrogen) atoms. The van der Waals surface area contributed by atoms with Gasteiger partial charge in [0.1, 0.15) is 0 Å². The predicted octanol–water partition coefficient (Wildman–Crippen LogP) is 1.08. The number of rotatable bonds is 4. The van der Waals surface area contributed by atoms with Gasteiger partial charge in [-0.05, 0) is 6.07 Å². The van der Waals surface area contributed by atoms with E-state index < -0.39 is 5.76 Å². The van der Waals surface area contributed by atoms with Gasteiger partial charge in [-0.15, -0.1) is 0 Å². The summed E-state index contributed by atoms with van der Waals surface area (Å²) < 4.78 is 4.93. The maximum Gasteiger partial charge on any atom is 0.417 e. The normalized spacial score (nSPS) is 10.9. The quantitative estimate of drug-likeness (QED) is 0.524. The van der Waals surface area contributed by atoms with Crippen LogP contribution >= 0.6 is 0 Å². The third-order valence-corrected chi connectivity index (χ3v) is 2.86. The van der Waals surface area contributed by atoms with Crippen LogP contribution in [0.5, 0.6) is 0 Å². The summed E-state index contributed by atoms with van der Waals surface area (Å²) in [6, 6.07) is 3.40. The number of H-pyrrole nitrogens is 2. The Morgan fingerprint density at radius 2 is 2.32 bits per heavy atom. The summed E-state index contributed by atoms with van der Waals surface area (Å²) in [5.41, 5.74) is 9.34. The molecule has 1 aromatic carbocycles. The van der Waals surface area contributed by atoms with Crippen LogP contribution in [0.2, 0.25) is 0 Å². The maximum absolute atomic E-state index is 11.1. The van der Waals surface area contributed by atoms with Gasteiger partial charge in [0, 0.05) is 30.9 Å². The van der Waals surface area contributed by atoms with Crippen molar-refractivity contribution in [2.45, 2.75) is 6.42 Å². The van der Waals surface area contributed by atoms with Crippen molar-refractivity contribution >= 4 is 22.5 Å². The number of hydrogen-bond donors (Lipinski definition) is 4. The lowest BCUT2D eigenvalue weighted by molar-refractivity contribution is 0.555. The second kappa shape index (κ2) is 4.52. The average Bonchev–Trinajstić information content (AvgIpc) is 2.98. The topological polar surface area (TPSA) is 113 Å². The lowest BCUT2D eigenvalue weighted by atomic mass is 10.2. The van der Waals surface area contributed by atoms with E-state index in [0.29, 0.717) is 23.3 Å². The molecule has 0 radical (unpaired) electrons. The Bertz CT molecular complexity index is 741. The van der Waals surface area contributed by atoms with Crippen LogP contribution < -0.4 is 16.8 Å². The monoisotopic (exact) mass is 259 g/mol. The SMILES string of the molecule is Nc1cc2oc(=O)[nH]c2cc1NCCc1cnc[nH]1. The molecule has 3 rings (SSSR count). The molecule has 0 amide bonds. The number of nitrogen functional groups attached to an aromatic ring is 1. The fourth-order valence-corrected chi connectivity index (χ4v) is 1.92. The van der Waals surface area contributed by atoms with Crippen molar-refractivity contribution in [2.75, 3.05) is 17.6 Å². The average molecular weight is 259 g/mol. The number of anilines is 2. The first-order chi connectivity index (χ1) is 9.22. The second-order valence-corrected chi connectivity index (χ2v) is 4.20. The largest absolute Gasteiger partial charge is 0.417 e. The Hall–Kier alpha value is -2.70. The molecule has 0 aliphatic carbocycles. The van der Waals surface area contributed by atoms with E-state index in [-0.39, 0.29) is 0 Å². The molecule has 0 atom stereocenters. The van der Waals surface area contributed by atoms with E-state index >= 15 is 0 Å². The Labute approximate surface area is 107 Å². The van der Waals surface area contributed by atoms with Gasteiger partial charge in [0.25, 0.3) is 0 Å². The number of nitrogens with one attached hydrogen (secondary N) is 3. The number of nitrogens with two attached hydrogens (primary N) is 1. The van der Waals surface area contributed by atoms with Gasteiger partial charge in [0.15, 0.2) is 5.58 Å². The Kier molecular flexibility index (Phi) is 2.71. The molecule has 5 N–H and O–H groups in total. The fourth-order valence-electron chi connectivity index (χ4n) is 1.92. The summed E-state index contributed by atoms with van der Waals surface area (Å²) >= 11 is 0. The molecule has 3 aromatic rings. The molecule has 0 spiro atoms. The molecular weight excluding hydrogens is 246 g/mol. The van der Waals surface area contributed by atoms with E-state index in [2.05, 4.69) is 20.3 Å². The van der Waals surface area contributed by atoms with Crippen molar-refractivity contribution in [3.8, 4) is 0 Å². The fraction of sp³-hybridized carbons (Fsp3) is 0.167. The number of fused-ring (bicyclic) bond motifs is 1. The number of benzene rings is 1. The van der Waals surface area contributed by atoms with Gasteiger partial charge >= 0.3 is 5.76 Å². The zero-order valence-corrected chi connectivity index (χ0v) is 10.1. The Morgan fingerprint density at radius 3 is 3.11 bits per heavy atom. The lowest BCUT2D eigenvalue weighted by Gasteiger charge is -2.08. The van der Waals surface area contributed by atoms with Crippen LogP contribution in [0, 0.1) is 0 Å². The van der Waals surface area contributed by atoms with Gasteiger partial charge in [-0.3, -0.25) is 4.98 Å². The number of nitrogens with zero attached hydrogens (tertiary/aromatic N) is 1. The molecule has 0 aliphatic rings. The van der Waals surface area contributed by atoms with E-state index in [1.165, 1.54) is 0 Å². The van der Waals surface area contributed by atoms with Crippen LogP contribution in [-0.4, -0.2) is 21.5 Å². The highest BCUT2D eigenvalue weighted by atomic mass is 16.4. The summed E-state index contributed by atoms with van der Waals surface area (Å²) in [5, 5.41) is 3.22. The molecule has 98 valence electrons. The summed E-state index contributed by atoms with van der Waals surface area (Å²) in [6.45, 7) is 0.708. The van der Waals surface area contributed by atoms with Gasteiger partial charge in [-0.2, -0.15) is 0 Å². The van der Waals surface area contributed by atoms with Gasteiger partial charge < -0.3 is 20.5 Å². The van der Waals surface area contributed by atoms with Crippen LogP contribution in [0.1, 0.15) is 5.69 Å². The minimum atomic E-state index is -0.482. The minimum absolute atomic E-state index is 0.460. The van der Waals surface area contributed by atoms with E-state index in [0.717, 1.165) is 17.8 Å². The smallest absolute Gasteiger partial charge is 0.408 e. The minimum Gasteiger partial charge on any atom is -0.408 e. The molecular formula is C12H13N5O2. The first-order valence-electron chi connectivity index (χ1n) is 5.86. The number of aromatic nitrogens is 3. The maximum atomic E-state index is 11.1. The number of imidazole rings is 1. The lowest BCUT2D eigenvalue weighted by Crippen LogP contribution is -2.07. The highest BCUT2D eigenvalue weighted by Crippen LogP contribution is 2.24. The molecule has 0 saturated carbocycles. The van der Waals surface area contributed by atoms with Gasteiger partial charge in [0.05, 0.1) is 23.2 Å². The summed E-state index contributed by atoms with van der Waals surface area (Å²) in [5.74, 6) is -0.482. The summed E-state index contributed by atoms with van der Waals surface area (Å²) in [7, 11) is 0. The molecule has 2 heterocycles. The van der Waals surface area contributed by atoms with E-state index in [1.54, 1.807) is 24.7 Å². The standard InChI is InChI=1S/C12H13N5O2/c13-8-3-11-10(17-12(18)19-11)4-9(8)15-2-1-7-5-14-6-16-7/h3-6,15H,1-2,13H2,(H,14,16)(H,17,18). The molecule has 2 aromatic heterocycles. The molecule has 0 saturated heterocycles. The zero-order chi connectivity index (χ0) is 13.2. The van der Waals surface area contributed by atoms with Crippen LogP contribution in [0.3, 0.4) is 0 Å². The predicted molar refractivity (Wildman–Crippen MR) is 72.0 cm³/mol. The Balaban J connectivity index is 1.76. The van der Waals surface area contributed by atoms with Crippen LogP contribution in [0.4, 0.5) is 11.4 Å². The van der Waals surface area contributed by atoms with E-state index in [4.69, 9.17) is 10.2 Å². The molecule has 7 nitrogen and oxygen atoms in total.